The van der Waals surface area contributed by atoms with Crippen LogP contribution in [0.5, 0.6) is 5.75 Å². The van der Waals surface area contributed by atoms with E-state index in [4.69, 9.17) is 5.11 Å². The van der Waals surface area contributed by atoms with Crippen molar-refractivity contribution in [3.63, 3.8) is 0 Å². The van der Waals surface area contributed by atoms with Crippen LogP contribution < -0.4 is 5.32 Å². The summed E-state index contributed by atoms with van der Waals surface area (Å²) in [5, 5.41) is 11.9. The highest BCUT2D eigenvalue weighted by Gasteiger charge is 2.06. The molecule has 0 radical (unpaired) electrons. The number of benzene rings is 1. The van der Waals surface area contributed by atoms with Crippen LogP contribution in [0.4, 0.5) is 4.39 Å². The van der Waals surface area contributed by atoms with Crippen LogP contribution in [0.2, 0.25) is 0 Å². The number of hydrogen-bond donors (Lipinski definition) is 2. The Bertz CT molecular complexity index is 357. The summed E-state index contributed by atoms with van der Waals surface area (Å²) in [5.74, 6) is -0.642. The molecule has 1 amide bonds. The molecule has 0 aromatic heterocycles. The van der Waals surface area contributed by atoms with Gasteiger partial charge in [0.1, 0.15) is 11.6 Å². The van der Waals surface area contributed by atoms with Gasteiger partial charge in [-0.2, -0.15) is 0 Å². The number of carbonyl (C=O) groups is 1. The van der Waals surface area contributed by atoms with E-state index in [9.17, 15) is 9.18 Å². The molecule has 1 aromatic carbocycles. The van der Waals surface area contributed by atoms with Crippen LogP contribution >= 0.6 is 0 Å². The van der Waals surface area contributed by atoms with Gasteiger partial charge >= 0.3 is 0 Å². The number of phenols is 1. The summed E-state index contributed by atoms with van der Waals surface area (Å²) in [5.41, 5.74) is 0.668. The number of phenolic OH excluding ortho intramolecular Hbond substituents is 1. The molecule has 0 spiro atoms. The highest BCUT2D eigenvalue weighted by Crippen LogP contribution is 2.14. The predicted octanol–water partition coefficient (Wildman–Crippen LogP) is 1.85. The molecule has 0 saturated heterocycles. The van der Waals surface area contributed by atoms with Crippen LogP contribution in [0.3, 0.4) is 0 Å². The maximum atomic E-state index is 12.9. The zero-order chi connectivity index (χ0) is 12.1. The van der Waals surface area contributed by atoms with Gasteiger partial charge in [-0.1, -0.05) is 13.8 Å². The Hall–Kier alpha value is -1.58. The van der Waals surface area contributed by atoms with Gasteiger partial charge in [-0.15, -0.1) is 0 Å². The summed E-state index contributed by atoms with van der Waals surface area (Å²) >= 11 is 0. The van der Waals surface area contributed by atoms with E-state index in [1.165, 1.54) is 12.1 Å². The number of halogens is 1. The lowest BCUT2D eigenvalue weighted by molar-refractivity contribution is -0.123. The Labute approximate surface area is 94.3 Å². The van der Waals surface area contributed by atoms with Crippen molar-refractivity contribution in [3.05, 3.63) is 29.6 Å². The topological polar surface area (TPSA) is 49.3 Å². The summed E-state index contributed by atoms with van der Waals surface area (Å²) in [4.78, 5) is 11.2. The Morgan fingerprint density at radius 2 is 2.12 bits per heavy atom. The van der Waals surface area contributed by atoms with E-state index >= 15 is 0 Å². The average molecular weight is 225 g/mol. The molecule has 0 saturated carbocycles. The largest absolute Gasteiger partial charge is 0.508 e. The second kappa shape index (κ2) is 5.49. The van der Waals surface area contributed by atoms with Gasteiger partial charge in [-0.25, -0.2) is 4.39 Å². The third kappa shape index (κ3) is 3.88. The zero-order valence-corrected chi connectivity index (χ0v) is 9.46. The standard InChI is InChI=1S/C12H16FNO2/c1-8(2)12(16)14-4-3-9-5-10(13)7-11(15)6-9/h5-8,15H,3-4H2,1-2H3,(H,14,16). The lowest BCUT2D eigenvalue weighted by Gasteiger charge is -2.07. The van der Waals surface area contributed by atoms with Gasteiger partial charge in [-0.05, 0) is 24.1 Å². The molecule has 1 rings (SSSR count). The van der Waals surface area contributed by atoms with Gasteiger partial charge in [0.2, 0.25) is 5.91 Å². The first kappa shape index (κ1) is 12.5. The molecular formula is C12H16FNO2. The SMILES string of the molecule is CC(C)C(=O)NCCc1cc(O)cc(F)c1. The smallest absolute Gasteiger partial charge is 0.222 e. The molecule has 88 valence electrons. The van der Waals surface area contributed by atoms with Gasteiger partial charge in [0.05, 0.1) is 0 Å². The molecule has 0 heterocycles. The van der Waals surface area contributed by atoms with Crippen LogP contribution in [0.15, 0.2) is 18.2 Å². The lowest BCUT2D eigenvalue weighted by Crippen LogP contribution is -2.29. The van der Waals surface area contributed by atoms with Gasteiger partial charge in [0, 0.05) is 18.5 Å². The molecule has 0 aliphatic rings. The molecule has 2 N–H and O–H groups in total. The second-order valence-corrected chi connectivity index (χ2v) is 4.01. The first-order valence-corrected chi connectivity index (χ1v) is 5.25. The number of amides is 1. The van der Waals surface area contributed by atoms with E-state index in [0.717, 1.165) is 6.07 Å². The number of carbonyl (C=O) groups excluding carboxylic acids is 1. The van der Waals surface area contributed by atoms with E-state index in [1.54, 1.807) is 0 Å². The monoisotopic (exact) mass is 225 g/mol. The maximum Gasteiger partial charge on any atom is 0.222 e. The van der Waals surface area contributed by atoms with Crippen molar-refractivity contribution in [2.75, 3.05) is 6.54 Å². The van der Waals surface area contributed by atoms with E-state index in [-0.39, 0.29) is 17.6 Å². The second-order valence-electron chi connectivity index (χ2n) is 4.01. The van der Waals surface area contributed by atoms with Gasteiger partial charge in [-0.3, -0.25) is 4.79 Å². The minimum absolute atomic E-state index is 0.0272. The van der Waals surface area contributed by atoms with Crippen molar-refractivity contribution in [1.29, 1.82) is 0 Å². The number of hydrogen-bond acceptors (Lipinski definition) is 2. The Morgan fingerprint density at radius 3 is 2.69 bits per heavy atom. The first-order chi connectivity index (χ1) is 7.49. The normalized spacial score (nSPS) is 10.5. The summed E-state index contributed by atoms with van der Waals surface area (Å²) < 4.78 is 12.9. The van der Waals surface area contributed by atoms with E-state index in [0.29, 0.717) is 18.5 Å². The maximum absolute atomic E-state index is 12.9. The third-order valence-corrected chi connectivity index (χ3v) is 2.18. The summed E-state index contributed by atoms with van der Waals surface area (Å²) in [6.07, 6.45) is 0.504. The van der Waals surface area contributed by atoms with Gasteiger partial charge in [0.15, 0.2) is 0 Å². The minimum Gasteiger partial charge on any atom is -0.508 e. The van der Waals surface area contributed by atoms with Crippen molar-refractivity contribution in [3.8, 4) is 5.75 Å². The summed E-state index contributed by atoms with van der Waals surface area (Å²) in [6.45, 7) is 4.06. The lowest BCUT2D eigenvalue weighted by atomic mass is 10.1. The quantitative estimate of drug-likeness (QED) is 0.821. The molecule has 0 fully saturated rings. The molecule has 3 nitrogen and oxygen atoms in total. The zero-order valence-electron chi connectivity index (χ0n) is 9.46. The highest BCUT2D eigenvalue weighted by atomic mass is 19.1. The molecule has 0 aliphatic carbocycles. The van der Waals surface area contributed by atoms with Crippen LogP contribution in [-0.4, -0.2) is 17.6 Å². The summed E-state index contributed by atoms with van der Waals surface area (Å²) in [6, 6.07) is 3.89. The molecule has 0 atom stereocenters. The fraction of sp³-hybridized carbons (Fsp3) is 0.417. The van der Waals surface area contributed by atoms with Crippen molar-refractivity contribution in [1.82, 2.24) is 5.32 Å². The molecule has 4 heteroatoms. The first-order valence-electron chi connectivity index (χ1n) is 5.25. The van der Waals surface area contributed by atoms with E-state index in [2.05, 4.69) is 5.32 Å². The fourth-order valence-electron chi connectivity index (χ4n) is 1.31. The number of rotatable bonds is 4. The summed E-state index contributed by atoms with van der Waals surface area (Å²) in [7, 11) is 0. The van der Waals surface area contributed by atoms with Gasteiger partial charge in [0.25, 0.3) is 0 Å². The highest BCUT2D eigenvalue weighted by molar-refractivity contribution is 5.77. The van der Waals surface area contributed by atoms with Crippen molar-refractivity contribution >= 4 is 5.91 Å². The Balaban J connectivity index is 2.46. The van der Waals surface area contributed by atoms with Crippen LogP contribution in [0.1, 0.15) is 19.4 Å². The van der Waals surface area contributed by atoms with Crippen molar-refractivity contribution < 1.29 is 14.3 Å². The molecule has 1 aromatic rings. The van der Waals surface area contributed by atoms with Crippen molar-refractivity contribution in [2.24, 2.45) is 5.92 Å². The van der Waals surface area contributed by atoms with Crippen LogP contribution in [0.25, 0.3) is 0 Å². The number of nitrogens with one attached hydrogen (secondary N) is 1. The molecule has 16 heavy (non-hydrogen) atoms. The van der Waals surface area contributed by atoms with Crippen molar-refractivity contribution in [2.45, 2.75) is 20.3 Å². The number of aromatic hydroxyl groups is 1. The van der Waals surface area contributed by atoms with E-state index in [1.807, 2.05) is 13.8 Å². The molecule has 0 bridgehead atoms. The average Bonchev–Trinajstić information content (AvgIpc) is 2.15. The molecular weight excluding hydrogens is 209 g/mol. The predicted molar refractivity (Wildman–Crippen MR) is 59.6 cm³/mol. The molecule has 0 aliphatic heterocycles. The molecule has 0 unspecified atom stereocenters. The minimum atomic E-state index is -0.467. The van der Waals surface area contributed by atoms with E-state index < -0.39 is 5.82 Å². The third-order valence-electron chi connectivity index (χ3n) is 2.18. The Kier molecular flexibility index (Phi) is 4.28. The van der Waals surface area contributed by atoms with Gasteiger partial charge < -0.3 is 10.4 Å². The van der Waals surface area contributed by atoms with Crippen LogP contribution in [0, 0.1) is 11.7 Å². The fourth-order valence-corrected chi connectivity index (χ4v) is 1.31. The Morgan fingerprint density at radius 1 is 1.44 bits per heavy atom. The van der Waals surface area contributed by atoms with Crippen LogP contribution in [-0.2, 0) is 11.2 Å².